The van der Waals surface area contributed by atoms with E-state index in [0.717, 1.165) is 16.2 Å². The summed E-state index contributed by atoms with van der Waals surface area (Å²) in [5.74, 6) is 2.04. The van der Waals surface area contributed by atoms with Crippen molar-refractivity contribution < 1.29 is 19.0 Å². The molecule has 0 radical (unpaired) electrons. The molecule has 2 atom stereocenters. The third kappa shape index (κ3) is 3.08. The van der Waals surface area contributed by atoms with Gasteiger partial charge in [0.2, 0.25) is 12.9 Å². The van der Waals surface area contributed by atoms with Crippen LogP contribution in [0.25, 0.3) is 0 Å². The molecule has 0 saturated carbocycles. The molecule has 2 aliphatic rings. The van der Waals surface area contributed by atoms with Gasteiger partial charge in [0.15, 0.2) is 11.5 Å². The van der Waals surface area contributed by atoms with E-state index >= 15 is 0 Å². The minimum absolute atomic E-state index is 0.0361. The van der Waals surface area contributed by atoms with Gasteiger partial charge < -0.3 is 19.1 Å². The second kappa shape index (κ2) is 7.04. The molecule has 0 N–H and O–H groups in total. The summed E-state index contributed by atoms with van der Waals surface area (Å²) in [6, 6.07) is 16.7. The largest absolute Gasteiger partial charge is 0.478 e. The first kappa shape index (κ1) is 17.4. The minimum atomic E-state index is -0.547. The number of nitrogens with zero attached hydrogens (tertiary/aromatic N) is 1. The van der Waals surface area contributed by atoms with Gasteiger partial charge in [-0.15, -0.1) is 11.3 Å². The number of likely N-dealkylation sites (tertiary alicyclic amines) is 1. The first-order valence-electron chi connectivity index (χ1n) is 8.84. The molecule has 0 spiro atoms. The molecule has 2 aliphatic heterocycles. The molecule has 28 heavy (non-hydrogen) atoms. The van der Waals surface area contributed by atoms with Gasteiger partial charge in [-0.1, -0.05) is 23.7 Å². The molecule has 1 amide bonds. The Morgan fingerprint density at radius 2 is 1.93 bits per heavy atom. The Bertz CT molecular complexity index is 1010. The van der Waals surface area contributed by atoms with Gasteiger partial charge in [-0.05, 0) is 53.4 Å². The predicted molar refractivity (Wildman–Crippen MR) is 106 cm³/mol. The van der Waals surface area contributed by atoms with E-state index in [-0.39, 0.29) is 18.7 Å². The molecule has 7 heteroatoms. The van der Waals surface area contributed by atoms with Crippen molar-refractivity contribution in [1.29, 1.82) is 0 Å². The zero-order valence-electron chi connectivity index (χ0n) is 14.7. The van der Waals surface area contributed by atoms with Crippen molar-refractivity contribution in [2.24, 2.45) is 0 Å². The number of hydrogen-bond donors (Lipinski definition) is 0. The van der Waals surface area contributed by atoms with Crippen molar-refractivity contribution in [1.82, 2.24) is 4.90 Å². The predicted octanol–water partition coefficient (Wildman–Crippen LogP) is 4.66. The molecule has 1 saturated heterocycles. The highest BCUT2D eigenvalue weighted by Gasteiger charge is 2.50. The number of fused-ring (bicyclic) bond motifs is 1. The van der Waals surface area contributed by atoms with Crippen molar-refractivity contribution in [2.45, 2.75) is 18.7 Å². The fourth-order valence-corrected chi connectivity index (χ4v) is 4.45. The molecule has 0 unspecified atom stereocenters. The van der Waals surface area contributed by atoms with Crippen LogP contribution in [0.15, 0.2) is 60.0 Å². The highest BCUT2D eigenvalue weighted by molar-refractivity contribution is 7.10. The van der Waals surface area contributed by atoms with Gasteiger partial charge in [0.1, 0.15) is 11.8 Å². The van der Waals surface area contributed by atoms with E-state index in [1.807, 2.05) is 40.6 Å². The van der Waals surface area contributed by atoms with Crippen LogP contribution in [0.4, 0.5) is 0 Å². The van der Waals surface area contributed by atoms with Crippen molar-refractivity contribution >= 4 is 28.8 Å². The minimum Gasteiger partial charge on any atom is -0.478 e. The highest BCUT2D eigenvalue weighted by atomic mass is 35.5. The Balaban J connectivity index is 1.38. The van der Waals surface area contributed by atoms with Crippen molar-refractivity contribution in [3.05, 3.63) is 75.4 Å². The highest BCUT2D eigenvalue weighted by Crippen LogP contribution is 2.41. The topological polar surface area (TPSA) is 48.0 Å². The van der Waals surface area contributed by atoms with E-state index in [0.29, 0.717) is 23.1 Å². The number of amides is 1. The van der Waals surface area contributed by atoms with Crippen LogP contribution in [0.3, 0.4) is 0 Å². The number of carbonyl (C=O) groups is 1. The molecule has 0 aliphatic carbocycles. The molecule has 5 rings (SSSR count). The summed E-state index contributed by atoms with van der Waals surface area (Å²) in [6.45, 7) is 0.717. The van der Waals surface area contributed by atoms with Gasteiger partial charge in [-0.25, -0.2) is 0 Å². The van der Waals surface area contributed by atoms with E-state index in [1.165, 1.54) is 0 Å². The summed E-state index contributed by atoms with van der Waals surface area (Å²) in [5.41, 5.74) is 0.990. The van der Waals surface area contributed by atoms with Gasteiger partial charge in [-0.3, -0.25) is 4.79 Å². The van der Waals surface area contributed by atoms with Crippen molar-refractivity contribution in [2.75, 3.05) is 6.79 Å². The molecule has 142 valence electrons. The van der Waals surface area contributed by atoms with Crippen LogP contribution >= 0.6 is 22.9 Å². The molecule has 5 nitrogen and oxygen atoms in total. The zero-order chi connectivity index (χ0) is 19.1. The maximum Gasteiger partial charge on any atom is 0.267 e. The second-order valence-electron chi connectivity index (χ2n) is 6.61. The summed E-state index contributed by atoms with van der Waals surface area (Å²) in [4.78, 5) is 15.8. The van der Waals surface area contributed by atoms with Gasteiger partial charge in [0, 0.05) is 16.4 Å². The molecule has 1 aromatic heterocycles. The summed E-state index contributed by atoms with van der Waals surface area (Å²) < 4.78 is 16.8. The lowest BCUT2D eigenvalue weighted by Gasteiger charge is -2.46. The summed E-state index contributed by atoms with van der Waals surface area (Å²) in [7, 11) is 0. The Morgan fingerprint density at radius 1 is 1.11 bits per heavy atom. The third-order valence-electron chi connectivity index (χ3n) is 4.85. The third-order valence-corrected chi connectivity index (χ3v) is 6.05. The monoisotopic (exact) mass is 413 g/mol. The first-order chi connectivity index (χ1) is 13.7. The van der Waals surface area contributed by atoms with Crippen LogP contribution < -0.4 is 14.2 Å². The molecule has 3 heterocycles. The second-order valence-corrected chi connectivity index (χ2v) is 8.02. The fourth-order valence-electron chi connectivity index (χ4n) is 3.47. The summed E-state index contributed by atoms with van der Waals surface area (Å²) in [6.07, 6.45) is -0.547. The smallest absolute Gasteiger partial charge is 0.267 e. The lowest BCUT2D eigenvalue weighted by molar-refractivity contribution is -0.165. The van der Waals surface area contributed by atoms with Crippen molar-refractivity contribution in [3.8, 4) is 17.2 Å². The summed E-state index contributed by atoms with van der Waals surface area (Å²) in [5, 5.41) is 2.64. The average Bonchev–Trinajstić information content (AvgIpc) is 3.39. The quantitative estimate of drug-likeness (QED) is 0.571. The average molecular weight is 414 g/mol. The number of halogens is 1. The Labute approximate surface area is 171 Å². The Kier molecular flexibility index (Phi) is 4.37. The standard InChI is InChI=1S/C21H16ClNO4S/c22-14-4-6-15(7-5-14)27-20-19(18-2-1-9-28-18)23(21(20)24)11-13-3-8-16-17(10-13)26-12-25-16/h1-10,19-20H,11-12H2/t19-,20-/m0/s1. The number of hydrogen-bond acceptors (Lipinski definition) is 5. The van der Waals surface area contributed by atoms with Crippen LogP contribution in [0, 0.1) is 0 Å². The normalized spacial score (nSPS) is 20.2. The van der Waals surface area contributed by atoms with Crippen LogP contribution in [0.5, 0.6) is 17.2 Å². The Morgan fingerprint density at radius 3 is 2.71 bits per heavy atom. The number of thiophene rings is 1. The van der Waals surface area contributed by atoms with Crippen molar-refractivity contribution in [3.63, 3.8) is 0 Å². The lowest BCUT2D eigenvalue weighted by atomic mass is 9.95. The van der Waals surface area contributed by atoms with Gasteiger partial charge in [-0.2, -0.15) is 0 Å². The van der Waals surface area contributed by atoms with E-state index < -0.39 is 6.10 Å². The van der Waals surface area contributed by atoms with E-state index in [1.54, 1.807) is 35.6 Å². The number of rotatable bonds is 5. The van der Waals surface area contributed by atoms with Crippen LogP contribution in [-0.2, 0) is 11.3 Å². The van der Waals surface area contributed by atoms with E-state index in [2.05, 4.69) is 0 Å². The zero-order valence-corrected chi connectivity index (χ0v) is 16.3. The molecular weight excluding hydrogens is 398 g/mol. The Hall–Kier alpha value is -2.70. The maximum atomic E-state index is 12.9. The van der Waals surface area contributed by atoms with E-state index in [4.69, 9.17) is 25.8 Å². The number of carbonyl (C=O) groups excluding carboxylic acids is 1. The van der Waals surface area contributed by atoms with Gasteiger partial charge in [0.25, 0.3) is 5.91 Å². The molecular formula is C21H16ClNO4S. The van der Waals surface area contributed by atoms with Crippen LogP contribution in [0.1, 0.15) is 16.5 Å². The summed E-state index contributed by atoms with van der Waals surface area (Å²) >= 11 is 7.56. The molecule has 1 fully saturated rings. The number of ether oxygens (including phenoxy) is 3. The number of β-lactam (4-membered cyclic amide) rings is 1. The number of benzene rings is 2. The van der Waals surface area contributed by atoms with Gasteiger partial charge in [0.05, 0.1) is 0 Å². The SMILES string of the molecule is O=C1[C@@H](Oc2ccc(Cl)cc2)[C@H](c2cccs2)N1Cc1ccc2c(c1)OCO2. The first-order valence-corrected chi connectivity index (χ1v) is 10.1. The molecule has 3 aromatic rings. The van der Waals surface area contributed by atoms with Gasteiger partial charge >= 0.3 is 0 Å². The van der Waals surface area contributed by atoms with E-state index in [9.17, 15) is 4.79 Å². The lowest BCUT2D eigenvalue weighted by Crippen LogP contribution is -2.60. The van der Waals surface area contributed by atoms with Crippen LogP contribution in [0.2, 0.25) is 5.02 Å². The molecule has 2 aromatic carbocycles. The molecule has 0 bridgehead atoms. The maximum absolute atomic E-state index is 12.9. The fraction of sp³-hybridized carbons (Fsp3) is 0.190. The van der Waals surface area contributed by atoms with Crippen LogP contribution in [-0.4, -0.2) is 23.7 Å².